The van der Waals surface area contributed by atoms with E-state index in [0.29, 0.717) is 31.6 Å². The summed E-state index contributed by atoms with van der Waals surface area (Å²) in [6, 6.07) is 4.04. The van der Waals surface area contributed by atoms with Gasteiger partial charge in [0.2, 0.25) is 0 Å². The molecule has 1 unspecified atom stereocenters. The number of benzene rings is 1. The minimum atomic E-state index is -0.813. The lowest BCUT2D eigenvalue weighted by Crippen LogP contribution is -2.45. The van der Waals surface area contributed by atoms with Gasteiger partial charge >= 0.3 is 0 Å². The Balaban J connectivity index is 0.00000208. The van der Waals surface area contributed by atoms with Gasteiger partial charge in [0.15, 0.2) is 17.6 Å². The highest BCUT2D eigenvalue weighted by Gasteiger charge is 2.23. The molecule has 8 heteroatoms. The van der Waals surface area contributed by atoms with Crippen molar-refractivity contribution in [3.8, 4) is 0 Å². The Hall–Kier alpha value is -1.16. The molecule has 0 bridgehead atoms. The fourth-order valence-electron chi connectivity index (χ4n) is 3.01. The van der Waals surface area contributed by atoms with Crippen LogP contribution in [0.15, 0.2) is 23.2 Å². The van der Waals surface area contributed by atoms with Gasteiger partial charge in [0.05, 0.1) is 13.2 Å². The number of nitrogens with zero attached hydrogens (tertiary/aromatic N) is 3. The molecule has 1 atom stereocenters. The van der Waals surface area contributed by atoms with Crippen molar-refractivity contribution in [3.63, 3.8) is 0 Å². The Labute approximate surface area is 157 Å². The number of morpholine rings is 1. The van der Waals surface area contributed by atoms with Crippen LogP contribution in [-0.2, 0) is 4.74 Å². The molecule has 0 aromatic heterocycles. The molecule has 5 nitrogen and oxygen atoms in total. The van der Waals surface area contributed by atoms with Gasteiger partial charge in [-0.05, 0) is 24.5 Å². The first-order chi connectivity index (χ1) is 11.1. The number of hydrogen-bond acceptors (Lipinski definition) is 3. The number of aliphatic imine (C=N–C) groups is 1. The number of guanidine groups is 1. The zero-order valence-corrected chi connectivity index (χ0v) is 15.8. The third-order valence-electron chi connectivity index (χ3n) is 4.40. The molecule has 0 radical (unpaired) electrons. The van der Waals surface area contributed by atoms with Gasteiger partial charge < -0.3 is 20.3 Å². The van der Waals surface area contributed by atoms with E-state index in [-0.39, 0.29) is 24.0 Å². The molecular weight excluding hydrogens is 429 g/mol. The molecule has 134 valence electrons. The molecule has 2 N–H and O–H groups in total. The van der Waals surface area contributed by atoms with Gasteiger partial charge in [-0.25, -0.2) is 8.78 Å². The van der Waals surface area contributed by atoms with Crippen molar-refractivity contribution in [2.75, 3.05) is 50.8 Å². The Morgan fingerprint density at radius 1 is 1.21 bits per heavy atom. The number of nitrogens with two attached hydrogens (primary N) is 1. The van der Waals surface area contributed by atoms with Crippen LogP contribution in [0.5, 0.6) is 0 Å². The van der Waals surface area contributed by atoms with Crippen molar-refractivity contribution in [2.45, 2.75) is 6.42 Å². The van der Waals surface area contributed by atoms with Crippen LogP contribution in [0, 0.1) is 17.6 Å². The van der Waals surface area contributed by atoms with Gasteiger partial charge in [-0.3, -0.25) is 4.99 Å². The third kappa shape index (κ3) is 4.69. The van der Waals surface area contributed by atoms with Crippen LogP contribution in [0.25, 0.3) is 0 Å². The van der Waals surface area contributed by atoms with Crippen LogP contribution < -0.4 is 10.6 Å². The molecule has 1 aromatic rings. The highest BCUT2D eigenvalue weighted by molar-refractivity contribution is 14.0. The molecule has 0 saturated carbocycles. The maximum absolute atomic E-state index is 13.3. The number of rotatable bonds is 3. The second-order valence-corrected chi connectivity index (χ2v) is 6.00. The van der Waals surface area contributed by atoms with Crippen LogP contribution in [0.4, 0.5) is 14.5 Å². The lowest BCUT2D eigenvalue weighted by Gasteiger charge is -2.27. The summed E-state index contributed by atoms with van der Waals surface area (Å²) in [5, 5.41) is 0. The van der Waals surface area contributed by atoms with Gasteiger partial charge in [-0.2, -0.15) is 0 Å². The molecule has 2 aliphatic rings. The topological polar surface area (TPSA) is 54.1 Å². The summed E-state index contributed by atoms with van der Waals surface area (Å²) in [6.07, 6.45) is 0.971. The minimum Gasteiger partial charge on any atom is -0.378 e. The zero-order valence-electron chi connectivity index (χ0n) is 13.5. The first kappa shape index (κ1) is 19.2. The average Bonchev–Trinajstić information content (AvgIpc) is 3.05. The Morgan fingerprint density at radius 2 is 1.96 bits per heavy atom. The summed E-state index contributed by atoms with van der Waals surface area (Å²) >= 11 is 0. The molecule has 2 fully saturated rings. The molecular formula is C16H23F2IN4O. The van der Waals surface area contributed by atoms with E-state index >= 15 is 0 Å². The molecule has 3 rings (SSSR count). The van der Waals surface area contributed by atoms with Crippen molar-refractivity contribution in [2.24, 2.45) is 16.6 Å². The van der Waals surface area contributed by atoms with E-state index in [1.54, 1.807) is 6.07 Å². The van der Waals surface area contributed by atoms with Crippen LogP contribution >= 0.6 is 24.0 Å². The quantitative estimate of drug-likeness (QED) is 0.434. The summed E-state index contributed by atoms with van der Waals surface area (Å²) in [5.41, 5.74) is 6.74. The standard InChI is InChI=1S/C16H22F2N4O.HI/c17-14-2-1-13(9-15(14)18)22-4-3-12(11-22)10-20-16(19)21-5-7-23-8-6-21;/h1-2,9,12H,3-8,10-11H2,(H2,19,20);1H. The van der Waals surface area contributed by atoms with Gasteiger partial charge in [-0.15, -0.1) is 24.0 Å². The van der Waals surface area contributed by atoms with Crippen molar-refractivity contribution < 1.29 is 13.5 Å². The molecule has 0 amide bonds. The lowest BCUT2D eigenvalue weighted by molar-refractivity contribution is 0.0674. The van der Waals surface area contributed by atoms with Crippen molar-refractivity contribution in [1.29, 1.82) is 0 Å². The SMILES string of the molecule is I.NC(=NCC1CCN(c2ccc(F)c(F)c2)C1)N1CCOCC1. The highest BCUT2D eigenvalue weighted by atomic mass is 127. The predicted octanol–water partition coefficient (Wildman–Crippen LogP) is 2.06. The fourth-order valence-corrected chi connectivity index (χ4v) is 3.01. The number of hydrogen-bond donors (Lipinski definition) is 1. The van der Waals surface area contributed by atoms with E-state index in [2.05, 4.69) is 9.89 Å². The molecule has 2 saturated heterocycles. The van der Waals surface area contributed by atoms with Crippen molar-refractivity contribution in [1.82, 2.24) is 4.90 Å². The highest BCUT2D eigenvalue weighted by Crippen LogP contribution is 2.25. The van der Waals surface area contributed by atoms with Gasteiger partial charge in [-0.1, -0.05) is 0 Å². The molecule has 0 spiro atoms. The van der Waals surface area contributed by atoms with E-state index in [0.717, 1.165) is 38.3 Å². The van der Waals surface area contributed by atoms with Gasteiger partial charge in [0.1, 0.15) is 0 Å². The van der Waals surface area contributed by atoms with E-state index in [1.165, 1.54) is 12.1 Å². The molecule has 1 aromatic carbocycles. The van der Waals surface area contributed by atoms with Crippen molar-refractivity contribution >= 4 is 35.6 Å². The first-order valence-corrected chi connectivity index (χ1v) is 7.96. The van der Waals surface area contributed by atoms with E-state index in [1.807, 2.05) is 4.90 Å². The van der Waals surface area contributed by atoms with Crippen molar-refractivity contribution in [3.05, 3.63) is 29.8 Å². The van der Waals surface area contributed by atoms with E-state index in [4.69, 9.17) is 10.5 Å². The number of ether oxygens (including phenoxy) is 1. The zero-order chi connectivity index (χ0) is 16.2. The monoisotopic (exact) mass is 452 g/mol. The summed E-state index contributed by atoms with van der Waals surface area (Å²) in [5.74, 6) is -0.671. The Kier molecular flexibility index (Phi) is 7.02. The smallest absolute Gasteiger partial charge is 0.191 e. The molecule has 0 aliphatic carbocycles. The Morgan fingerprint density at radius 3 is 2.67 bits per heavy atom. The van der Waals surface area contributed by atoms with E-state index < -0.39 is 11.6 Å². The fraction of sp³-hybridized carbons (Fsp3) is 0.562. The largest absolute Gasteiger partial charge is 0.378 e. The summed E-state index contributed by atoms with van der Waals surface area (Å²) in [4.78, 5) is 8.59. The maximum Gasteiger partial charge on any atom is 0.191 e. The van der Waals surface area contributed by atoms with Crippen LogP contribution in [0.2, 0.25) is 0 Å². The summed E-state index contributed by atoms with van der Waals surface area (Å²) in [6.45, 7) is 5.19. The Bertz CT molecular complexity index is 581. The van der Waals surface area contributed by atoms with Gasteiger partial charge in [0, 0.05) is 44.5 Å². The number of anilines is 1. The normalized spacial score (nSPS) is 21.8. The van der Waals surface area contributed by atoms with E-state index in [9.17, 15) is 8.78 Å². The summed E-state index contributed by atoms with van der Waals surface area (Å²) in [7, 11) is 0. The van der Waals surface area contributed by atoms with Crippen LogP contribution in [0.1, 0.15) is 6.42 Å². The third-order valence-corrected chi connectivity index (χ3v) is 4.40. The van der Waals surface area contributed by atoms with Crippen LogP contribution in [-0.4, -0.2) is 56.8 Å². The predicted molar refractivity (Wildman–Crippen MR) is 101 cm³/mol. The van der Waals surface area contributed by atoms with Gasteiger partial charge in [0.25, 0.3) is 0 Å². The van der Waals surface area contributed by atoms with Crippen LogP contribution in [0.3, 0.4) is 0 Å². The maximum atomic E-state index is 13.3. The minimum absolute atomic E-state index is 0. The first-order valence-electron chi connectivity index (χ1n) is 7.96. The second kappa shape index (κ2) is 8.80. The molecule has 2 aliphatic heterocycles. The molecule has 2 heterocycles. The second-order valence-electron chi connectivity index (χ2n) is 6.00. The molecule has 24 heavy (non-hydrogen) atoms. The lowest BCUT2D eigenvalue weighted by atomic mass is 10.1. The summed E-state index contributed by atoms with van der Waals surface area (Å²) < 4.78 is 31.6. The number of halogens is 3. The average molecular weight is 452 g/mol.